The van der Waals surface area contributed by atoms with E-state index in [1.807, 2.05) is 0 Å². The van der Waals surface area contributed by atoms with E-state index in [2.05, 4.69) is 26.2 Å². The minimum atomic E-state index is -0.953. The molecule has 6 nitrogen and oxygen atoms in total. The van der Waals surface area contributed by atoms with E-state index in [0.29, 0.717) is 11.1 Å². The lowest BCUT2D eigenvalue weighted by Crippen LogP contribution is -2.22. The van der Waals surface area contributed by atoms with Gasteiger partial charge in [-0.1, -0.05) is 0 Å². The van der Waals surface area contributed by atoms with Crippen LogP contribution in [-0.2, 0) is 20.9 Å². The summed E-state index contributed by atoms with van der Waals surface area (Å²) in [6.07, 6.45) is 0. The Morgan fingerprint density at radius 1 is 1.38 bits per heavy atom. The zero-order valence-corrected chi connectivity index (χ0v) is 14.7. The number of anilines is 1. The van der Waals surface area contributed by atoms with Crippen molar-refractivity contribution in [3.05, 3.63) is 44.3 Å². The number of amides is 1. The number of nitrogens with one attached hydrogen (secondary N) is 1. The zero-order valence-electron chi connectivity index (χ0n) is 12.3. The third-order valence-electron chi connectivity index (χ3n) is 2.63. The average molecular weight is 421 g/mol. The summed E-state index contributed by atoms with van der Waals surface area (Å²) < 4.78 is 36.3. The maximum Gasteiger partial charge on any atom is 0.358 e. The summed E-state index contributed by atoms with van der Waals surface area (Å²) in [5.41, 5.74) is -0.192. The minimum absolute atomic E-state index is 0.0309. The molecule has 2 rings (SSSR count). The van der Waals surface area contributed by atoms with Crippen LogP contribution in [0.2, 0.25) is 0 Å². The molecule has 128 valence electrons. The molecular weight excluding hydrogens is 410 g/mol. The SMILES string of the molecule is COCc1nc(C(=O)OCC(=O)Nc2c(F)cc(F)cc2Br)cs1. The maximum absolute atomic E-state index is 13.6. The average Bonchev–Trinajstić information content (AvgIpc) is 2.97. The van der Waals surface area contributed by atoms with Gasteiger partial charge in [0, 0.05) is 23.0 Å². The number of rotatable bonds is 6. The van der Waals surface area contributed by atoms with Gasteiger partial charge in [-0.05, 0) is 22.0 Å². The van der Waals surface area contributed by atoms with E-state index >= 15 is 0 Å². The van der Waals surface area contributed by atoms with E-state index in [-0.39, 0.29) is 22.5 Å². The highest BCUT2D eigenvalue weighted by molar-refractivity contribution is 9.10. The molecule has 0 aliphatic heterocycles. The molecule has 0 spiro atoms. The second-order valence-corrected chi connectivity index (χ2v) is 6.23. The van der Waals surface area contributed by atoms with Crippen LogP contribution >= 0.6 is 27.3 Å². The second-order valence-electron chi connectivity index (χ2n) is 4.43. The van der Waals surface area contributed by atoms with Crippen LogP contribution in [0.1, 0.15) is 15.5 Å². The molecule has 1 heterocycles. The number of thiazole rings is 1. The van der Waals surface area contributed by atoms with Crippen LogP contribution in [0.25, 0.3) is 0 Å². The molecule has 0 aliphatic carbocycles. The first kappa shape index (κ1) is 18.4. The Hall–Kier alpha value is -1.91. The molecule has 1 aromatic heterocycles. The number of hydrogen-bond acceptors (Lipinski definition) is 6. The van der Waals surface area contributed by atoms with E-state index in [4.69, 9.17) is 9.47 Å². The van der Waals surface area contributed by atoms with Gasteiger partial charge >= 0.3 is 5.97 Å². The number of hydrogen-bond donors (Lipinski definition) is 1. The zero-order chi connectivity index (χ0) is 17.7. The van der Waals surface area contributed by atoms with Crippen LogP contribution in [0.3, 0.4) is 0 Å². The van der Waals surface area contributed by atoms with Crippen LogP contribution in [0.5, 0.6) is 0 Å². The second kappa shape index (κ2) is 8.27. The standard InChI is InChI=1S/C14H11BrF2N2O4S/c1-22-5-12-18-10(6-24-12)14(21)23-4-11(20)19-13-8(15)2-7(16)3-9(13)17/h2-3,6H,4-5H2,1H3,(H,19,20). The quantitative estimate of drug-likeness (QED) is 0.726. The van der Waals surface area contributed by atoms with E-state index in [1.165, 1.54) is 23.8 Å². The number of ether oxygens (including phenoxy) is 2. The van der Waals surface area contributed by atoms with Gasteiger partial charge in [0.1, 0.15) is 10.8 Å². The summed E-state index contributed by atoms with van der Waals surface area (Å²) in [5.74, 6) is -3.31. The van der Waals surface area contributed by atoms with Crippen molar-refractivity contribution in [1.82, 2.24) is 4.98 Å². The van der Waals surface area contributed by atoms with Crippen LogP contribution in [0.15, 0.2) is 22.0 Å². The predicted molar refractivity (Wildman–Crippen MR) is 85.8 cm³/mol. The Kier molecular flexibility index (Phi) is 6.35. The summed E-state index contributed by atoms with van der Waals surface area (Å²) in [6, 6.07) is 1.62. The van der Waals surface area contributed by atoms with Crippen molar-refractivity contribution in [2.75, 3.05) is 19.0 Å². The van der Waals surface area contributed by atoms with Crippen molar-refractivity contribution in [2.45, 2.75) is 6.61 Å². The summed E-state index contributed by atoms with van der Waals surface area (Å²) in [7, 11) is 1.50. The van der Waals surface area contributed by atoms with Crippen LogP contribution in [-0.4, -0.2) is 30.6 Å². The molecule has 0 radical (unpaired) electrons. The van der Waals surface area contributed by atoms with E-state index < -0.39 is 30.1 Å². The number of aromatic nitrogens is 1. The van der Waals surface area contributed by atoms with Crippen molar-refractivity contribution in [1.29, 1.82) is 0 Å². The van der Waals surface area contributed by atoms with Gasteiger partial charge in [-0.3, -0.25) is 4.79 Å². The van der Waals surface area contributed by atoms with Crippen molar-refractivity contribution >= 4 is 44.8 Å². The first-order valence-corrected chi connectivity index (χ1v) is 8.13. The largest absolute Gasteiger partial charge is 0.451 e. The maximum atomic E-state index is 13.6. The van der Waals surface area contributed by atoms with Gasteiger partial charge < -0.3 is 14.8 Å². The summed E-state index contributed by atoms with van der Waals surface area (Å²) in [4.78, 5) is 27.5. The van der Waals surface area contributed by atoms with Crippen molar-refractivity contribution in [3.63, 3.8) is 0 Å². The lowest BCUT2D eigenvalue weighted by Gasteiger charge is -2.09. The Morgan fingerprint density at radius 2 is 2.12 bits per heavy atom. The molecule has 1 N–H and O–H groups in total. The number of carbonyl (C=O) groups excluding carboxylic acids is 2. The Bertz CT molecular complexity index is 746. The van der Waals surface area contributed by atoms with Gasteiger partial charge in [-0.15, -0.1) is 11.3 Å². The van der Waals surface area contributed by atoms with Crippen molar-refractivity contribution in [3.8, 4) is 0 Å². The van der Waals surface area contributed by atoms with Crippen LogP contribution < -0.4 is 5.32 Å². The Balaban J connectivity index is 1.92. The van der Waals surface area contributed by atoms with Gasteiger partial charge in [-0.25, -0.2) is 18.6 Å². The van der Waals surface area contributed by atoms with E-state index in [0.717, 1.165) is 6.07 Å². The molecule has 0 bridgehead atoms. The first-order chi connectivity index (χ1) is 11.4. The summed E-state index contributed by atoms with van der Waals surface area (Å²) >= 11 is 4.15. The normalized spacial score (nSPS) is 10.5. The smallest absolute Gasteiger partial charge is 0.358 e. The number of esters is 1. The van der Waals surface area contributed by atoms with Crippen LogP contribution in [0.4, 0.5) is 14.5 Å². The Morgan fingerprint density at radius 3 is 2.79 bits per heavy atom. The predicted octanol–water partition coefficient (Wildman–Crippen LogP) is 3.13. The molecule has 0 saturated heterocycles. The molecule has 0 fully saturated rings. The third-order valence-corrected chi connectivity index (χ3v) is 4.08. The van der Waals surface area contributed by atoms with Gasteiger partial charge in [0.15, 0.2) is 18.1 Å². The molecule has 0 atom stereocenters. The van der Waals surface area contributed by atoms with E-state index in [1.54, 1.807) is 0 Å². The minimum Gasteiger partial charge on any atom is -0.451 e. The van der Waals surface area contributed by atoms with Gasteiger partial charge in [-0.2, -0.15) is 0 Å². The Labute approximate surface area is 147 Å². The first-order valence-electron chi connectivity index (χ1n) is 6.45. The highest BCUT2D eigenvalue weighted by Gasteiger charge is 2.16. The number of carbonyl (C=O) groups is 2. The fraction of sp³-hybridized carbons (Fsp3) is 0.214. The van der Waals surface area contributed by atoms with Gasteiger partial charge in [0.05, 0.1) is 12.3 Å². The fourth-order valence-corrected chi connectivity index (χ4v) is 2.88. The highest BCUT2D eigenvalue weighted by Crippen LogP contribution is 2.26. The van der Waals surface area contributed by atoms with E-state index in [9.17, 15) is 18.4 Å². The molecule has 10 heteroatoms. The molecule has 0 unspecified atom stereocenters. The number of halogens is 3. The lowest BCUT2D eigenvalue weighted by molar-refractivity contribution is -0.119. The lowest BCUT2D eigenvalue weighted by atomic mass is 10.3. The van der Waals surface area contributed by atoms with Gasteiger partial charge in [0.2, 0.25) is 0 Å². The van der Waals surface area contributed by atoms with Crippen molar-refractivity contribution < 1.29 is 27.8 Å². The molecule has 0 aliphatic rings. The summed E-state index contributed by atoms with van der Waals surface area (Å²) in [6.45, 7) is -0.379. The highest BCUT2D eigenvalue weighted by atomic mass is 79.9. The third kappa shape index (κ3) is 4.79. The molecule has 24 heavy (non-hydrogen) atoms. The number of methoxy groups -OCH3 is 1. The molecule has 2 aromatic rings. The van der Waals surface area contributed by atoms with Gasteiger partial charge in [0.25, 0.3) is 5.91 Å². The number of nitrogens with zero attached hydrogens (tertiary/aromatic N) is 1. The monoisotopic (exact) mass is 420 g/mol. The topological polar surface area (TPSA) is 77.5 Å². The van der Waals surface area contributed by atoms with Crippen molar-refractivity contribution in [2.24, 2.45) is 0 Å². The number of benzene rings is 1. The fourth-order valence-electron chi connectivity index (χ4n) is 1.64. The molecule has 1 aromatic carbocycles. The molecule has 1 amide bonds. The summed E-state index contributed by atoms with van der Waals surface area (Å²) in [5, 5.41) is 4.26. The molecule has 0 saturated carbocycles. The van der Waals surface area contributed by atoms with Crippen LogP contribution in [0, 0.1) is 11.6 Å². The molecular formula is C14H11BrF2N2O4S.